The molecule has 1 N–H and O–H groups in total. The molecule has 0 aliphatic heterocycles. The van der Waals surface area contributed by atoms with Crippen molar-refractivity contribution < 1.29 is 13.2 Å². The van der Waals surface area contributed by atoms with Gasteiger partial charge in [-0.2, -0.15) is 0 Å². The summed E-state index contributed by atoms with van der Waals surface area (Å²) in [6, 6.07) is 6.40. The molecule has 21 heavy (non-hydrogen) atoms. The Bertz CT molecular complexity index is 691. The van der Waals surface area contributed by atoms with Gasteiger partial charge in [0.05, 0.1) is 22.2 Å². The molecule has 1 heterocycles. The quantitative estimate of drug-likeness (QED) is 0.886. The van der Waals surface area contributed by atoms with Crippen molar-refractivity contribution in [2.24, 2.45) is 0 Å². The summed E-state index contributed by atoms with van der Waals surface area (Å²) in [5, 5.41) is 0. The minimum atomic E-state index is -3.53. The molecule has 2 aromatic rings. The van der Waals surface area contributed by atoms with Gasteiger partial charge in [0.2, 0.25) is 10.0 Å². The molecule has 0 saturated carbocycles. The number of nitrogens with one attached hydrogen (secondary N) is 1. The molecule has 0 aliphatic rings. The van der Waals surface area contributed by atoms with E-state index in [0.29, 0.717) is 5.75 Å². The summed E-state index contributed by atoms with van der Waals surface area (Å²) in [5.41, 5.74) is 2.56. The van der Waals surface area contributed by atoms with Gasteiger partial charge >= 0.3 is 0 Å². The van der Waals surface area contributed by atoms with E-state index in [1.807, 2.05) is 20.8 Å². The Balaban J connectivity index is 2.07. The first-order valence-electron chi connectivity index (χ1n) is 6.54. The molecule has 0 fully saturated rings. The van der Waals surface area contributed by atoms with Crippen LogP contribution in [0.3, 0.4) is 0 Å². The maximum absolute atomic E-state index is 12.2. The predicted molar refractivity (Wildman–Crippen MR) is 83.1 cm³/mol. The minimum Gasteiger partial charge on any atom is -0.491 e. The molecule has 1 aromatic carbocycles. The topological polar surface area (TPSA) is 68.3 Å². The van der Waals surface area contributed by atoms with Crippen molar-refractivity contribution in [2.45, 2.75) is 38.3 Å². The van der Waals surface area contributed by atoms with Crippen molar-refractivity contribution in [3.05, 3.63) is 40.3 Å². The van der Waals surface area contributed by atoms with Crippen LogP contribution in [0, 0.1) is 6.92 Å². The van der Waals surface area contributed by atoms with Gasteiger partial charge in [0, 0.05) is 11.4 Å². The van der Waals surface area contributed by atoms with Crippen LogP contribution in [0.2, 0.25) is 0 Å². The van der Waals surface area contributed by atoms with E-state index in [1.54, 1.807) is 29.8 Å². The largest absolute Gasteiger partial charge is 0.491 e. The van der Waals surface area contributed by atoms with Crippen molar-refractivity contribution in [3.63, 3.8) is 0 Å². The number of thiazole rings is 1. The van der Waals surface area contributed by atoms with Crippen molar-refractivity contribution in [1.29, 1.82) is 0 Å². The summed E-state index contributed by atoms with van der Waals surface area (Å²) in [4.78, 5) is 5.23. The first-order valence-corrected chi connectivity index (χ1v) is 8.90. The highest BCUT2D eigenvalue weighted by Crippen LogP contribution is 2.18. The van der Waals surface area contributed by atoms with Crippen LogP contribution < -0.4 is 9.46 Å². The zero-order valence-corrected chi connectivity index (χ0v) is 13.8. The van der Waals surface area contributed by atoms with E-state index >= 15 is 0 Å². The molecule has 0 aliphatic carbocycles. The smallest absolute Gasteiger partial charge is 0.240 e. The second kappa shape index (κ2) is 6.55. The average molecular weight is 326 g/mol. The Morgan fingerprint density at radius 1 is 1.29 bits per heavy atom. The first-order chi connectivity index (χ1) is 9.88. The van der Waals surface area contributed by atoms with Crippen molar-refractivity contribution in [1.82, 2.24) is 9.71 Å². The number of hydrogen-bond donors (Lipinski definition) is 1. The lowest BCUT2D eigenvalue weighted by molar-refractivity contribution is 0.242. The SMILES string of the molecule is Cc1ncsc1CNS(=O)(=O)c1ccc(OC(C)C)cc1. The molecule has 0 amide bonds. The highest BCUT2D eigenvalue weighted by molar-refractivity contribution is 7.89. The third kappa shape index (κ3) is 4.26. The number of rotatable bonds is 6. The Hall–Kier alpha value is -1.44. The number of nitrogens with zero attached hydrogens (tertiary/aromatic N) is 1. The Morgan fingerprint density at radius 2 is 1.95 bits per heavy atom. The zero-order valence-electron chi connectivity index (χ0n) is 12.2. The summed E-state index contributed by atoms with van der Waals surface area (Å²) in [7, 11) is -3.53. The molecule has 0 radical (unpaired) electrons. The van der Waals surface area contributed by atoms with Crippen LogP contribution in [-0.2, 0) is 16.6 Å². The molecule has 0 spiro atoms. The van der Waals surface area contributed by atoms with Gasteiger partial charge in [-0.25, -0.2) is 18.1 Å². The second-order valence-electron chi connectivity index (χ2n) is 4.82. The van der Waals surface area contributed by atoms with Crippen molar-refractivity contribution in [2.75, 3.05) is 0 Å². The fraction of sp³-hybridized carbons (Fsp3) is 0.357. The van der Waals surface area contributed by atoms with E-state index < -0.39 is 10.0 Å². The predicted octanol–water partition coefficient (Wildman–Crippen LogP) is 2.72. The van der Waals surface area contributed by atoms with E-state index in [4.69, 9.17) is 4.74 Å². The number of ether oxygens (including phenoxy) is 1. The normalized spacial score (nSPS) is 11.8. The third-order valence-corrected chi connectivity index (χ3v) is 5.13. The van der Waals surface area contributed by atoms with Crippen molar-refractivity contribution >= 4 is 21.4 Å². The number of aromatic nitrogens is 1. The standard InChI is InChI=1S/C14H18N2O3S2/c1-10(2)19-12-4-6-13(7-5-12)21(17,18)16-8-14-11(3)15-9-20-14/h4-7,9-10,16H,8H2,1-3H3. The highest BCUT2D eigenvalue weighted by Gasteiger charge is 2.15. The molecular formula is C14H18N2O3S2. The Morgan fingerprint density at radius 3 is 2.48 bits per heavy atom. The van der Waals surface area contributed by atoms with Gasteiger partial charge in [-0.3, -0.25) is 0 Å². The fourth-order valence-corrected chi connectivity index (χ4v) is 3.51. The van der Waals surface area contributed by atoms with Crippen LogP contribution in [0.25, 0.3) is 0 Å². The van der Waals surface area contributed by atoms with Crippen LogP contribution in [-0.4, -0.2) is 19.5 Å². The number of hydrogen-bond acceptors (Lipinski definition) is 5. The lowest BCUT2D eigenvalue weighted by Crippen LogP contribution is -2.23. The molecule has 0 bridgehead atoms. The molecule has 5 nitrogen and oxygen atoms in total. The molecule has 114 valence electrons. The van der Waals surface area contributed by atoms with E-state index in [-0.39, 0.29) is 17.5 Å². The Kier molecular flexibility index (Phi) is 4.97. The van der Waals surface area contributed by atoms with Gasteiger partial charge in [-0.05, 0) is 45.0 Å². The van der Waals surface area contributed by atoms with Gasteiger partial charge in [-0.1, -0.05) is 0 Å². The summed E-state index contributed by atoms with van der Waals surface area (Å²) in [6.07, 6.45) is 0.0554. The molecule has 0 saturated heterocycles. The average Bonchev–Trinajstić information content (AvgIpc) is 2.82. The van der Waals surface area contributed by atoms with Crippen LogP contribution in [0.15, 0.2) is 34.7 Å². The summed E-state index contributed by atoms with van der Waals surface area (Å²) in [6.45, 7) is 5.95. The van der Waals surface area contributed by atoms with Crippen LogP contribution in [0.1, 0.15) is 24.4 Å². The Labute approximate surface area is 129 Å². The van der Waals surface area contributed by atoms with Crippen LogP contribution in [0.5, 0.6) is 5.75 Å². The fourth-order valence-electron chi connectivity index (χ4n) is 1.71. The van der Waals surface area contributed by atoms with E-state index in [0.717, 1.165) is 10.6 Å². The lowest BCUT2D eigenvalue weighted by Gasteiger charge is -2.10. The number of sulfonamides is 1. The molecule has 2 rings (SSSR count). The molecule has 7 heteroatoms. The van der Waals surface area contributed by atoms with Crippen LogP contribution >= 0.6 is 11.3 Å². The minimum absolute atomic E-state index is 0.0554. The monoisotopic (exact) mass is 326 g/mol. The van der Waals surface area contributed by atoms with E-state index in [9.17, 15) is 8.42 Å². The highest BCUT2D eigenvalue weighted by atomic mass is 32.2. The van der Waals surface area contributed by atoms with Gasteiger partial charge in [-0.15, -0.1) is 11.3 Å². The summed E-state index contributed by atoms with van der Waals surface area (Å²) >= 11 is 1.44. The molecule has 1 aromatic heterocycles. The lowest BCUT2D eigenvalue weighted by atomic mass is 10.3. The summed E-state index contributed by atoms with van der Waals surface area (Å²) in [5.74, 6) is 0.655. The molecule has 0 unspecified atom stereocenters. The number of benzene rings is 1. The number of aryl methyl sites for hydroxylation is 1. The first kappa shape index (κ1) is 15.9. The van der Waals surface area contributed by atoms with Gasteiger partial charge in [0.15, 0.2) is 0 Å². The van der Waals surface area contributed by atoms with E-state index in [2.05, 4.69) is 9.71 Å². The van der Waals surface area contributed by atoms with E-state index in [1.165, 1.54) is 11.3 Å². The maximum atomic E-state index is 12.2. The van der Waals surface area contributed by atoms with Crippen LogP contribution in [0.4, 0.5) is 0 Å². The van der Waals surface area contributed by atoms with Crippen molar-refractivity contribution in [3.8, 4) is 5.75 Å². The molecular weight excluding hydrogens is 308 g/mol. The second-order valence-corrected chi connectivity index (χ2v) is 7.53. The summed E-state index contributed by atoms with van der Waals surface area (Å²) < 4.78 is 32.5. The maximum Gasteiger partial charge on any atom is 0.240 e. The van der Waals surface area contributed by atoms with Gasteiger partial charge in [0.25, 0.3) is 0 Å². The van der Waals surface area contributed by atoms with Gasteiger partial charge in [0.1, 0.15) is 5.75 Å². The molecule has 0 atom stereocenters. The third-order valence-electron chi connectivity index (χ3n) is 2.77. The van der Waals surface area contributed by atoms with Gasteiger partial charge < -0.3 is 4.74 Å². The zero-order chi connectivity index (χ0) is 15.5.